The van der Waals surface area contributed by atoms with Gasteiger partial charge in [0.25, 0.3) is 0 Å². The van der Waals surface area contributed by atoms with Gasteiger partial charge in [-0.15, -0.1) is 0 Å². The first-order chi connectivity index (χ1) is 12.0. The number of benzene rings is 2. The molecule has 6 nitrogen and oxygen atoms in total. The van der Waals surface area contributed by atoms with E-state index in [1.165, 1.54) is 0 Å². The third-order valence-corrected chi connectivity index (χ3v) is 3.89. The van der Waals surface area contributed by atoms with Gasteiger partial charge in [-0.1, -0.05) is 30.3 Å². The van der Waals surface area contributed by atoms with Gasteiger partial charge in [0.1, 0.15) is 6.04 Å². The topological polar surface area (TPSA) is 81.7 Å². The lowest BCUT2D eigenvalue weighted by Gasteiger charge is -2.15. The molecule has 25 heavy (non-hydrogen) atoms. The number of fused-ring (bicyclic) bond motifs is 1. The Balaban J connectivity index is 1.90. The van der Waals surface area contributed by atoms with Gasteiger partial charge in [-0.05, 0) is 56.5 Å². The highest BCUT2D eigenvalue weighted by Gasteiger charge is 2.20. The number of carboxylic acid groups (broad SMARTS) is 1. The maximum Gasteiger partial charge on any atom is 0.321 e. The highest BCUT2D eigenvalue weighted by Crippen LogP contribution is 2.19. The SMILES string of the molecule is CN(C)CCCN[C@@H](CC(=O)Nc1ccc2ccccc2c1)C(=O)O. The van der Waals surface area contributed by atoms with E-state index in [9.17, 15) is 14.7 Å². The van der Waals surface area contributed by atoms with E-state index < -0.39 is 12.0 Å². The second kappa shape index (κ2) is 9.15. The smallest absolute Gasteiger partial charge is 0.321 e. The van der Waals surface area contributed by atoms with Crippen LogP contribution in [0.2, 0.25) is 0 Å². The number of carbonyl (C=O) groups is 2. The van der Waals surface area contributed by atoms with Gasteiger partial charge in [0, 0.05) is 5.69 Å². The van der Waals surface area contributed by atoms with Crippen molar-refractivity contribution in [3.05, 3.63) is 42.5 Å². The van der Waals surface area contributed by atoms with Crippen LogP contribution in [0, 0.1) is 0 Å². The molecule has 0 fully saturated rings. The Morgan fingerprint density at radius 1 is 1.12 bits per heavy atom. The summed E-state index contributed by atoms with van der Waals surface area (Å²) in [7, 11) is 3.93. The zero-order valence-corrected chi connectivity index (χ0v) is 14.7. The predicted molar refractivity (Wildman–Crippen MR) is 99.8 cm³/mol. The first kappa shape index (κ1) is 18.9. The van der Waals surface area contributed by atoms with Crippen molar-refractivity contribution >= 4 is 28.3 Å². The van der Waals surface area contributed by atoms with Gasteiger partial charge in [0.15, 0.2) is 0 Å². The molecule has 3 N–H and O–H groups in total. The molecule has 0 aromatic heterocycles. The second-order valence-corrected chi connectivity index (χ2v) is 6.32. The largest absolute Gasteiger partial charge is 0.480 e. The van der Waals surface area contributed by atoms with E-state index in [4.69, 9.17) is 0 Å². The van der Waals surface area contributed by atoms with Crippen LogP contribution in [0.3, 0.4) is 0 Å². The fraction of sp³-hybridized carbons (Fsp3) is 0.368. The van der Waals surface area contributed by atoms with E-state index in [1.54, 1.807) is 0 Å². The molecule has 0 aliphatic rings. The summed E-state index contributed by atoms with van der Waals surface area (Å²) in [6.45, 7) is 1.42. The minimum absolute atomic E-state index is 0.107. The molecular weight excluding hydrogens is 318 g/mol. The van der Waals surface area contributed by atoms with Gasteiger partial charge < -0.3 is 20.6 Å². The van der Waals surface area contributed by atoms with Crippen LogP contribution in [-0.4, -0.2) is 55.1 Å². The molecule has 2 aromatic carbocycles. The molecule has 0 aliphatic carbocycles. The van der Waals surface area contributed by atoms with Crippen LogP contribution in [-0.2, 0) is 9.59 Å². The van der Waals surface area contributed by atoms with Crippen molar-refractivity contribution in [1.29, 1.82) is 0 Å². The molecule has 1 amide bonds. The van der Waals surface area contributed by atoms with E-state index in [0.29, 0.717) is 12.2 Å². The van der Waals surface area contributed by atoms with Crippen LogP contribution in [0.4, 0.5) is 5.69 Å². The number of aliphatic carboxylic acids is 1. The fourth-order valence-corrected chi connectivity index (χ4v) is 2.58. The van der Waals surface area contributed by atoms with Crippen LogP contribution < -0.4 is 10.6 Å². The van der Waals surface area contributed by atoms with Crippen molar-refractivity contribution in [2.45, 2.75) is 18.9 Å². The minimum Gasteiger partial charge on any atom is -0.480 e. The maximum atomic E-state index is 12.2. The Morgan fingerprint density at radius 2 is 1.84 bits per heavy atom. The lowest BCUT2D eigenvalue weighted by atomic mass is 10.1. The summed E-state index contributed by atoms with van der Waals surface area (Å²) < 4.78 is 0. The van der Waals surface area contributed by atoms with E-state index >= 15 is 0 Å². The Labute approximate surface area is 147 Å². The minimum atomic E-state index is -1.02. The van der Waals surface area contributed by atoms with Crippen molar-refractivity contribution in [1.82, 2.24) is 10.2 Å². The molecule has 2 rings (SSSR count). The quantitative estimate of drug-likeness (QED) is 0.608. The van der Waals surface area contributed by atoms with Crippen LogP contribution >= 0.6 is 0 Å². The number of hydrogen-bond donors (Lipinski definition) is 3. The normalized spacial score (nSPS) is 12.3. The van der Waals surface area contributed by atoms with Crippen molar-refractivity contribution in [2.24, 2.45) is 0 Å². The molecule has 134 valence electrons. The highest BCUT2D eigenvalue weighted by molar-refractivity contribution is 5.96. The number of carboxylic acids is 1. The number of amides is 1. The van der Waals surface area contributed by atoms with E-state index in [2.05, 4.69) is 10.6 Å². The maximum absolute atomic E-state index is 12.2. The second-order valence-electron chi connectivity index (χ2n) is 6.32. The molecule has 0 aliphatic heterocycles. The number of nitrogens with zero attached hydrogens (tertiary/aromatic N) is 1. The number of nitrogens with one attached hydrogen (secondary N) is 2. The molecule has 0 heterocycles. The molecule has 0 bridgehead atoms. The molecule has 0 spiro atoms. The number of anilines is 1. The van der Waals surface area contributed by atoms with Crippen molar-refractivity contribution in [3.8, 4) is 0 Å². The molecular formula is C19H25N3O3. The zero-order chi connectivity index (χ0) is 18.2. The third-order valence-electron chi connectivity index (χ3n) is 3.89. The summed E-state index contributed by atoms with van der Waals surface area (Å²) in [6.07, 6.45) is 0.715. The summed E-state index contributed by atoms with van der Waals surface area (Å²) in [5, 5.41) is 17.1. The van der Waals surface area contributed by atoms with E-state index in [1.807, 2.05) is 61.5 Å². The monoisotopic (exact) mass is 343 g/mol. The molecule has 6 heteroatoms. The van der Waals surface area contributed by atoms with Crippen LogP contribution in [0.15, 0.2) is 42.5 Å². The van der Waals surface area contributed by atoms with Crippen LogP contribution in [0.5, 0.6) is 0 Å². The molecule has 0 saturated heterocycles. The summed E-state index contributed by atoms with van der Waals surface area (Å²) in [4.78, 5) is 25.6. The van der Waals surface area contributed by atoms with Crippen molar-refractivity contribution < 1.29 is 14.7 Å². The van der Waals surface area contributed by atoms with Gasteiger partial charge in [0.2, 0.25) is 5.91 Å². The Kier molecular flexibility index (Phi) is 6.91. The first-order valence-corrected chi connectivity index (χ1v) is 8.35. The van der Waals surface area contributed by atoms with E-state index in [0.717, 1.165) is 23.7 Å². The summed E-state index contributed by atoms with van der Waals surface area (Å²) in [6, 6.07) is 12.6. The number of rotatable bonds is 9. The summed E-state index contributed by atoms with van der Waals surface area (Å²) in [5.74, 6) is -1.33. The molecule has 0 unspecified atom stereocenters. The van der Waals surface area contributed by atoms with Gasteiger partial charge in [-0.3, -0.25) is 9.59 Å². The molecule has 1 atom stereocenters. The Hall–Kier alpha value is -2.44. The zero-order valence-electron chi connectivity index (χ0n) is 14.7. The highest BCUT2D eigenvalue weighted by atomic mass is 16.4. The first-order valence-electron chi connectivity index (χ1n) is 8.35. The van der Waals surface area contributed by atoms with Gasteiger partial charge in [-0.2, -0.15) is 0 Å². The lowest BCUT2D eigenvalue weighted by molar-refractivity contribution is -0.141. The predicted octanol–water partition coefficient (Wildman–Crippen LogP) is 2.16. The van der Waals surface area contributed by atoms with Crippen LogP contribution in [0.25, 0.3) is 10.8 Å². The Morgan fingerprint density at radius 3 is 2.52 bits per heavy atom. The third kappa shape index (κ3) is 6.17. The van der Waals surface area contributed by atoms with Gasteiger partial charge in [-0.25, -0.2) is 0 Å². The van der Waals surface area contributed by atoms with Crippen LogP contribution in [0.1, 0.15) is 12.8 Å². The van der Waals surface area contributed by atoms with Crippen molar-refractivity contribution in [3.63, 3.8) is 0 Å². The lowest BCUT2D eigenvalue weighted by Crippen LogP contribution is -2.40. The average molecular weight is 343 g/mol. The fourth-order valence-electron chi connectivity index (χ4n) is 2.58. The summed E-state index contributed by atoms with van der Waals surface area (Å²) >= 11 is 0. The van der Waals surface area contributed by atoms with Gasteiger partial charge in [0.05, 0.1) is 6.42 Å². The molecule has 0 saturated carbocycles. The Bertz CT molecular complexity index is 731. The number of carbonyl (C=O) groups excluding carboxylic acids is 1. The van der Waals surface area contributed by atoms with Crippen molar-refractivity contribution in [2.75, 3.05) is 32.5 Å². The number of hydrogen-bond acceptors (Lipinski definition) is 4. The average Bonchev–Trinajstić information content (AvgIpc) is 2.57. The van der Waals surface area contributed by atoms with Gasteiger partial charge >= 0.3 is 5.97 Å². The summed E-state index contributed by atoms with van der Waals surface area (Å²) in [5.41, 5.74) is 0.667. The molecule has 2 aromatic rings. The standard InChI is InChI=1S/C19H25N3O3/c1-22(2)11-5-10-20-17(19(24)25)13-18(23)21-16-9-8-14-6-3-4-7-15(14)12-16/h3-4,6-9,12,17,20H,5,10-11,13H2,1-2H3,(H,21,23)(H,24,25)/t17-/m0/s1. The molecule has 0 radical (unpaired) electrons. The van der Waals surface area contributed by atoms with E-state index in [-0.39, 0.29) is 12.3 Å².